The first-order chi connectivity index (χ1) is 8.17. The second kappa shape index (κ2) is 4.66. The molecule has 1 aliphatic carbocycles. The zero-order chi connectivity index (χ0) is 14.1. The molecule has 1 fully saturated rings. The van der Waals surface area contributed by atoms with Crippen LogP contribution in [0.3, 0.4) is 0 Å². The Morgan fingerprint density at radius 3 is 1.28 bits per heavy atom. The van der Waals surface area contributed by atoms with Crippen molar-refractivity contribution in [3.8, 4) is 0 Å². The van der Waals surface area contributed by atoms with Gasteiger partial charge in [-0.1, -0.05) is 27.7 Å². The highest BCUT2D eigenvalue weighted by atomic mass is 16.7. The molecule has 0 spiro atoms. The molecule has 0 aliphatic heterocycles. The van der Waals surface area contributed by atoms with E-state index in [9.17, 15) is 9.59 Å². The van der Waals surface area contributed by atoms with Gasteiger partial charge >= 0.3 is 12.3 Å². The summed E-state index contributed by atoms with van der Waals surface area (Å²) in [4.78, 5) is 22.4. The topological polar surface area (TPSA) is 71.1 Å². The Kier molecular flexibility index (Phi) is 3.78. The van der Waals surface area contributed by atoms with Gasteiger partial charge in [0.05, 0.1) is 14.2 Å². The van der Waals surface area contributed by atoms with E-state index in [0.717, 1.165) is 0 Å². The first-order valence-electron chi connectivity index (χ1n) is 5.67. The second-order valence-corrected chi connectivity index (χ2v) is 5.55. The SMILES string of the molecule is COC(=O)OC1C(C)(C)C(OC(=O)OC)C1(C)C. The first kappa shape index (κ1) is 14.6. The summed E-state index contributed by atoms with van der Waals surface area (Å²) in [7, 11) is 2.51. The minimum absolute atomic E-state index is 0.396. The Morgan fingerprint density at radius 1 is 0.778 bits per heavy atom. The van der Waals surface area contributed by atoms with Crippen LogP contribution in [0.5, 0.6) is 0 Å². The Balaban J connectivity index is 2.80. The van der Waals surface area contributed by atoms with Gasteiger partial charge in [0.15, 0.2) is 0 Å². The third-order valence-corrected chi connectivity index (χ3v) is 3.46. The maximum atomic E-state index is 11.2. The zero-order valence-corrected chi connectivity index (χ0v) is 11.6. The van der Waals surface area contributed by atoms with Crippen LogP contribution in [0.4, 0.5) is 9.59 Å². The minimum Gasteiger partial charge on any atom is -0.438 e. The lowest BCUT2D eigenvalue weighted by Gasteiger charge is -2.60. The molecule has 0 atom stereocenters. The predicted molar refractivity (Wildman–Crippen MR) is 62.1 cm³/mol. The molecule has 0 amide bonds. The highest BCUT2D eigenvalue weighted by Crippen LogP contribution is 2.57. The van der Waals surface area contributed by atoms with Crippen molar-refractivity contribution in [2.75, 3.05) is 14.2 Å². The average Bonchev–Trinajstić information content (AvgIpc) is 2.31. The molecule has 0 saturated heterocycles. The molecule has 18 heavy (non-hydrogen) atoms. The molecular formula is C12H20O6. The zero-order valence-electron chi connectivity index (χ0n) is 11.6. The molecule has 6 nitrogen and oxygen atoms in total. The highest BCUT2D eigenvalue weighted by Gasteiger charge is 2.66. The van der Waals surface area contributed by atoms with Gasteiger partial charge in [-0.15, -0.1) is 0 Å². The Labute approximate surface area is 107 Å². The lowest BCUT2D eigenvalue weighted by atomic mass is 9.51. The number of hydrogen-bond acceptors (Lipinski definition) is 6. The van der Waals surface area contributed by atoms with Gasteiger partial charge in [-0.25, -0.2) is 9.59 Å². The van der Waals surface area contributed by atoms with Crippen LogP contribution in [0.15, 0.2) is 0 Å². The van der Waals surface area contributed by atoms with Crippen molar-refractivity contribution in [2.45, 2.75) is 39.9 Å². The van der Waals surface area contributed by atoms with E-state index in [0.29, 0.717) is 0 Å². The molecule has 1 rings (SSSR count). The van der Waals surface area contributed by atoms with E-state index in [1.165, 1.54) is 14.2 Å². The summed E-state index contributed by atoms with van der Waals surface area (Å²) in [5.74, 6) is 0. The largest absolute Gasteiger partial charge is 0.508 e. The van der Waals surface area contributed by atoms with E-state index >= 15 is 0 Å². The van der Waals surface area contributed by atoms with Crippen LogP contribution in [0, 0.1) is 10.8 Å². The van der Waals surface area contributed by atoms with Crippen LogP contribution in [-0.2, 0) is 18.9 Å². The van der Waals surface area contributed by atoms with E-state index in [1.807, 2.05) is 27.7 Å². The Morgan fingerprint density at radius 2 is 1.06 bits per heavy atom. The molecule has 0 heterocycles. The van der Waals surface area contributed by atoms with Crippen LogP contribution >= 0.6 is 0 Å². The molecule has 6 heteroatoms. The van der Waals surface area contributed by atoms with Crippen LogP contribution in [0.25, 0.3) is 0 Å². The van der Waals surface area contributed by atoms with Crippen molar-refractivity contribution in [3.05, 3.63) is 0 Å². The van der Waals surface area contributed by atoms with Crippen molar-refractivity contribution in [1.82, 2.24) is 0 Å². The molecule has 0 N–H and O–H groups in total. The number of hydrogen-bond donors (Lipinski definition) is 0. The summed E-state index contributed by atoms with van der Waals surface area (Å²) < 4.78 is 19.4. The smallest absolute Gasteiger partial charge is 0.438 e. The summed E-state index contributed by atoms with van der Waals surface area (Å²) in [5.41, 5.74) is -0.988. The molecule has 0 bridgehead atoms. The third kappa shape index (κ3) is 2.23. The van der Waals surface area contributed by atoms with Gasteiger partial charge in [-0.2, -0.15) is 0 Å². The fourth-order valence-corrected chi connectivity index (χ4v) is 2.99. The van der Waals surface area contributed by atoms with E-state index in [2.05, 4.69) is 9.47 Å². The minimum atomic E-state index is -0.738. The lowest BCUT2D eigenvalue weighted by molar-refractivity contribution is -0.254. The van der Waals surface area contributed by atoms with Crippen LogP contribution in [0.1, 0.15) is 27.7 Å². The predicted octanol–water partition coefficient (Wildman–Crippen LogP) is 2.36. The lowest BCUT2D eigenvalue weighted by Crippen LogP contribution is -2.69. The number of carbonyl (C=O) groups excluding carboxylic acids is 2. The Hall–Kier alpha value is -1.46. The number of carbonyl (C=O) groups is 2. The van der Waals surface area contributed by atoms with Crippen molar-refractivity contribution < 1.29 is 28.5 Å². The van der Waals surface area contributed by atoms with Gasteiger partial charge < -0.3 is 18.9 Å². The fraction of sp³-hybridized carbons (Fsp3) is 0.833. The van der Waals surface area contributed by atoms with E-state index in [-0.39, 0.29) is 0 Å². The molecule has 0 radical (unpaired) electrons. The van der Waals surface area contributed by atoms with Gasteiger partial charge in [0.1, 0.15) is 12.2 Å². The maximum Gasteiger partial charge on any atom is 0.508 e. The molecule has 0 unspecified atom stereocenters. The molecule has 1 saturated carbocycles. The monoisotopic (exact) mass is 260 g/mol. The van der Waals surface area contributed by atoms with Crippen LogP contribution in [-0.4, -0.2) is 38.7 Å². The summed E-state index contributed by atoms with van der Waals surface area (Å²) in [5, 5.41) is 0. The summed E-state index contributed by atoms with van der Waals surface area (Å²) in [6.07, 6.45) is -2.27. The molecule has 0 aromatic rings. The summed E-state index contributed by atoms with van der Waals surface area (Å²) >= 11 is 0. The van der Waals surface area contributed by atoms with Gasteiger partial charge in [-0.05, 0) is 0 Å². The molecule has 0 aromatic carbocycles. The average molecular weight is 260 g/mol. The van der Waals surface area contributed by atoms with Crippen molar-refractivity contribution >= 4 is 12.3 Å². The van der Waals surface area contributed by atoms with Crippen molar-refractivity contribution in [3.63, 3.8) is 0 Å². The maximum absolute atomic E-state index is 11.2. The van der Waals surface area contributed by atoms with Gasteiger partial charge in [0.25, 0.3) is 0 Å². The van der Waals surface area contributed by atoms with E-state index in [1.54, 1.807) is 0 Å². The second-order valence-electron chi connectivity index (χ2n) is 5.55. The molecule has 1 aliphatic rings. The van der Waals surface area contributed by atoms with Crippen LogP contribution in [0.2, 0.25) is 0 Å². The van der Waals surface area contributed by atoms with Gasteiger partial charge in [-0.3, -0.25) is 0 Å². The van der Waals surface area contributed by atoms with Crippen molar-refractivity contribution in [2.24, 2.45) is 10.8 Å². The molecular weight excluding hydrogens is 240 g/mol. The quantitative estimate of drug-likeness (QED) is 0.710. The molecule has 0 aromatic heterocycles. The molecule has 104 valence electrons. The van der Waals surface area contributed by atoms with Gasteiger partial charge in [0, 0.05) is 10.8 Å². The summed E-state index contributed by atoms with van der Waals surface area (Å²) in [6, 6.07) is 0. The fourth-order valence-electron chi connectivity index (χ4n) is 2.99. The van der Waals surface area contributed by atoms with Crippen molar-refractivity contribution in [1.29, 1.82) is 0 Å². The standard InChI is InChI=1S/C12H20O6/c1-11(2)7(17-9(13)15-5)12(3,4)8(11)18-10(14)16-6/h7-8H,1-6H3. The number of methoxy groups -OCH3 is 2. The Bertz CT molecular complexity index is 300. The third-order valence-electron chi connectivity index (χ3n) is 3.46. The number of rotatable bonds is 2. The summed E-state index contributed by atoms with van der Waals surface area (Å²) in [6.45, 7) is 7.44. The first-order valence-corrected chi connectivity index (χ1v) is 5.67. The van der Waals surface area contributed by atoms with Crippen LogP contribution < -0.4 is 0 Å². The normalized spacial score (nSPS) is 27.7. The van der Waals surface area contributed by atoms with E-state index < -0.39 is 35.3 Å². The number of ether oxygens (including phenoxy) is 4. The van der Waals surface area contributed by atoms with E-state index in [4.69, 9.17) is 9.47 Å². The van der Waals surface area contributed by atoms with Gasteiger partial charge in [0.2, 0.25) is 0 Å². The highest BCUT2D eigenvalue weighted by molar-refractivity contribution is 5.61.